The van der Waals surface area contributed by atoms with Crippen molar-refractivity contribution in [3.05, 3.63) is 46.2 Å². The molecule has 0 atom stereocenters. The predicted octanol–water partition coefficient (Wildman–Crippen LogP) is 1.01. The van der Waals surface area contributed by atoms with Gasteiger partial charge in [0.25, 0.3) is 0 Å². The molecular weight excluding hydrogens is 272 g/mol. The number of carboxylic acids is 1. The molecule has 0 bridgehead atoms. The van der Waals surface area contributed by atoms with Gasteiger partial charge in [-0.2, -0.15) is 0 Å². The Labute approximate surface area is 119 Å². The highest BCUT2D eigenvalue weighted by Gasteiger charge is 2.56. The molecule has 1 aliphatic rings. The van der Waals surface area contributed by atoms with E-state index in [-0.39, 0.29) is 12.1 Å². The Balaban J connectivity index is 1.84. The minimum atomic E-state index is -1.27. The van der Waals surface area contributed by atoms with Crippen molar-refractivity contribution in [3.63, 3.8) is 0 Å². The number of para-hydroxylation sites is 1. The first-order valence-corrected chi connectivity index (χ1v) is 6.65. The van der Waals surface area contributed by atoms with Crippen molar-refractivity contribution in [1.29, 1.82) is 0 Å². The third-order valence-corrected chi connectivity index (χ3v) is 3.87. The van der Waals surface area contributed by atoms with Crippen molar-refractivity contribution in [3.8, 4) is 0 Å². The number of carbonyl (C=O) groups is 2. The SMILES string of the molecule is O=C(O)C1(C(=O)NCc2cc(=O)[nH]c3ccccc23)CC1. The second kappa shape index (κ2) is 4.73. The molecule has 0 aliphatic heterocycles. The Morgan fingerprint density at radius 3 is 2.67 bits per heavy atom. The zero-order valence-electron chi connectivity index (χ0n) is 11.2. The maximum atomic E-state index is 12.0. The molecular formula is C15H14N2O4. The first kappa shape index (κ1) is 13.4. The number of carboxylic acid groups (broad SMARTS) is 1. The van der Waals surface area contributed by atoms with Crippen LogP contribution in [0.3, 0.4) is 0 Å². The van der Waals surface area contributed by atoms with Gasteiger partial charge in [0.1, 0.15) is 5.41 Å². The molecule has 0 saturated heterocycles. The van der Waals surface area contributed by atoms with E-state index in [1.54, 1.807) is 6.07 Å². The second-order valence-electron chi connectivity index (χ2n) is 5.27. The molecule has 1 aliphatic carbocycles. The van der Waals surface area contributed by atoms with Crippen molar-refractivity contribution in [2.24, 2.45) is 5.41 Å². The number of H-pyrrole nitrogens is 1. The molecule has 1 aromatic heterocycles. The van der Waals surface area contributed by atoms with E-state index in [9.17, 15) is 14.4 Å². The molecule has 0 spiro atoms. The molecule has 3 rings (SSSR count). The fraction of sp³-hybridized carbons (Fsp3) is 0.267. The molecule has 108 valence electrons. The molecule has 1 aromatic carbocycles. The maximum absolute atomic E-state index is 12.0. The lowest BCUT2D eigenvalue weighted by Crippen LogP contribution is -2.36. The quantitative estimate of drug-likeness (QED) is 0.730. The number of hydrogen-bond donors (Lipinski definition) is 3. The summed E-state index contributed by atoms with van der Waals surface area (Å²) >= 11 is 0. The van der Waals surface area contributed by atoms with Gasteiger partial charge in [-0.3, -0.25) is 14.4 Å². The number of aliphatic carboxylic acids is 1. The molecule has 6 nitrogen and oxygen atoms in total. The van der Waals surface area contributed by atoms with Gasteiger partial charge in [0.05, 0.1) is 0 Å². The number of aromatic nitrogens is 1. The fourth-order valence-electron chi connectivity index (χ4n) is 2.43. The van der Waals surface area contributed by atoms with Crippen LogP contribution in [0.4, 0.5) is 0 Å². The number of amides is 1. The summed E-state index contributed by atoms with van der Waals surface area (Å²) in [5.74, 6) is -1.57. The number of nitrogens with one attached hydrogen (secondary N) is 2. The van der Waals surface area contributed by atoms with Gasteiger partial charge >= 0.3 is 5.97 Å². The number of hydrogen-bond acceptors (Lipinski definition) is 3. The monoisotopic (exact) mass is 286 g/mol. The van der Waals surface area contributed by atoms with Crippen molar-refractivity contribution in [2.75, 3.05) is 0 Å². The third-order valence-electron chi connectivity index (χ3n) is 3.87. The predicted molar refractivity (Wildman–Crippen MR) is 75.7 cm³/mol. The van der Waals surface area contributed by atoms with E-state index in [0.717, 1.165) is 5.39 Å². The Kier molecular flexibility index (Phi) is 3.01. The molecule has 0 unspecified atom stereocenters. The minimum absolute atomic E-state index is 0.137. The molecule has 3 N–H and O–H groups in total. The summed E-state index contributed by atoms with van der Waals surface area (Å²) in [5.41, 5.74) is -0.161. The van der Waals surface area contributed by atoms with Crippen LogP contribution in [0.1, 0.15) is 18.4 Å². The zero-order valence-corrected chi connectivity index (χ0v) is 11.2. The van der Waals surface area contributed by atoms with Crippen LogP contribution in [0.15, 0.2) is 35.1 Å². The van der Waals surface area contributed by atoms with Crippen LogP contribution in [-0.2, 0) is 16.1 Å². The number of aromatic amines is 1. The van der Waals surface area contributed by atoms with Crippen molar-refractivity contribution in [1.82, 2.24) is 10.3 Å². The smallest absolute Gasteiger partial charge is 0.319 e. The summed E-state index contributed by atoms with van der Waals surface area (Å²) in [5, 5.41) is 12.5. The van der Waals surface area contributed by atoms with Crippen LogP contribution in [0.25, 0.3) is 10.9 Å². The highest BCUT2D eigenvalue weighted by Crippen LogP contribution is 2.46. The standard InChI is InChI=1S/C15H14N2O4/c18-12-7-9(10-3-1-2-4-11(10)17-12)8-16-13(19)15(5-6-15)14(20)21/h1-4,7H,5-6,8H2,(H,16,19)(H,17,18)(H,20,21). The summed E-state index contributed by atoms with van der Waals surface area (Å²) < 4.78 is 0. The van der Waals surface area contributed by atoms with Crippen molar-refractivity contribution >= 4 is 22.8 Å². The van der Waals surface area contributed by atoms with Crippen LogP contribution in [-0.4, -0.2) is 22.0 Å². The van der Waals surface area contributed by atoms with E-state index < -0.39 is 17.3 Å². The third kappa shape index (κ3) is 2.29. The van der Waals surface area contributed by atoms with Gasteiger partial charge < -0.3 is 15.4 Å². The van der Waals surface area contributed by atoms with Gasteiger partial charge in [-0.15, -0.1) is 0 Å². The van der Waals surface area contributed by atoms with E-state index in [1.165, 1.54) is 6.07 Å². The number of rotatable bonds is 4. The summed E-state index contributed by atoms with van der Waals surface area (Å²) in [6.07, 6.45) is 0.731. The number of pyridine rings is 1. The first-order chi connectivity index (χ1) is 10.0. The van der Waals surface area contributed by atoms with Crippen LogP contribution in [0.2, 0.25) is 0 Å². The van der Waals surface area contributed by atoms with Gasteiger partial charge in [0, 0.05) is 23.5 Å². The lowest BCUT2D eigenvalue weighted by molar-refractivity contribution is -0.149. The fourth-order valence-corrected chi connectivity index (χ4v) is 2.43. The van der Waals surface area contributed by atoms with Crippen LogP contribution in [0, 0.1) is 5.41 Å². The van der Waals surface area contributed by atoms with E-state index in [4.69, 9.17) is 5.11 Å². The van der Waals surface area contributed by atoms with E-state index in [1.807, 2.05) is 18.2 Å². The minimum Gasteiger partial charge on any atom is -0.480 e. The Morgan fingerprint density at radius 2 is 2.00 bits per heavy atom. The number of carbonyl (C=O) groups excluding carboxylic acids is 1. The average Bonchev–Trinajstić information content (AvgIpc) is 3.26. The van der Waals surface area contributed by atoms with Gasteiger partial charge in [0.2, 0.25) is 11.5 Å². The lowest BCUT2D eigenvalue weighted by atomic mass is 10.1. The van der Waals surface area contributed by atoms with Crippen LogP contribution >= 0.6 is 0 Å². The van der Waals surface area contributed by atoms with Gasteiger partial charge in [0.15, 0.2) is 0 Å². The average molecular weight is 286 g/mol. The molecule has 6 heteroatoms. The zero-order chi connectivity index (χ0) is 15.0. The largest absolute Gasteiger partial charge is 0.480 e. The Morgan fingerprint density at radius 1 is 1.29 bits per heavy atom. The highest BCUT2D eigenvalue weighted by molar-refractivity contribution is 6.04. The van der Waals surface area contributed by atoms with Gasteiger partial charge in [-0.25, -0.2) is 0 Å². The second-order valence-corrected chi connectivity index (χ2v) is 5.27. The van der Waals surface area contributed by atoms with Crippen LogP contribution in [0.5, 0.6) is 0 Å². The molecule has 1 fully saturated rings. The number of fused-ring (bicyclic) bond motifs is 1. The summed E-state index contributed by atoms with van der Waals surface area (Å²) in [7, 11) is 0. The maximum Gasteiger partial charge on any atom is 0.319 e. The topological polar surface area (TPSA) is 99.3 Å². The van der Waals surface area contributed by atoms with Crippen molar-refractivity contribution < 1.29 is 14.7 Å². The number of benzene rings is 1. The summed E-state index contributed by atoms with van der Waals surface area (Å²) in [4.78, 5) is 37.4. The summed E-state index contributed by atoms with van der Waals surface area (Å²) in [6.45, 7) is 0.137. The molecule has 1 amide bonds. The molecule has 0 radical (unpaired) electrons. The molecule has 1 saturated carbocycles. The highest BCUT2D eigenvalue weighted by atomic mass is 16.4. The molecule has 21 heavy (non-hydrogen) atoms. The first-order valence-electron chi connectivity index (χ1n) is 6.65. The van der Waals surface area contributed by atoms with E-state index in [0.29, 0.717) is 23.9 Å². The lowest BCUT2D eigenvalue weighted by Gasteiger charge is -2.12. The van der Waals surface area contributed by atoms with Gasteiger partial charge in [-0.05, 0) is 24.5 Å². The summed E-state index contributed by atoms with van der Waals surface area (Å²) in [6, 6.07) is 8.69. The Bertz CT molecular complexity index is 790. The van der Waals surface area contributed by atoms with Gasteiger partial charge in [-0.1, -0.05) is 18.2 Å². The van der Waals surface area contributed by atoms with Crippen LogP contribution < -0.4 is 10.9 Å². The van der Waals surface area contributed by atoms with E-state index >= 15 is 0 Å². The van der Waals surface area contributed by atoms with Crippen molar-refractivity contribution in [2.45, 2.75) is 19.4 Å². The molecule has 1 heterocycles. The van der Waals surface area contributed by atoms with E-state index in [2.05, 4.69) is 10.3 Å². The Hall–Kier alpha value is -2.63. The molecule has 2 aromatic rings. The normalized spacial score (nSPS) is 15.6.